The summed E-state index contributed by atoms with van der Waals surface area (Å²) in [6, 6.07) is 2.68. The smallest absolute Gasteiger partial charge is 0.383 e. The fourth-order valence-corrected chi connectivity index (χ4v) is 0.812. The highest BCUT2D eigenvalue weighted by Gasteiger charge is 2.49. The van der Waals surface area contributed by atoms with E-state index in [9.17, 15) is 22.4 Å². The van der Waals surface area contributed by atoms with Crippen LogP contribution in [0.5, 0.6) is 0 Å². The van der Waals surface area contributed by atoms with Gasteiger partial charge in [0.2, 0.25) is 0 Å². The molecule has 0 atom stereocenters. The van der Waals surface area contributed by atoms with Crippen LogP contribution in [0.3, 0.4) is 0 Å². The quantitative estimate of drug-likeness (QED) is 0.783. The number of halogens is 4. The lowest BCUT2D eigenvalue weighted by molar-refractivity contribution is -0.163. The third kappa shape index (κ3) is 2.38. The zero-order valence-electron chi connectivity index (χ0n) is 7.75. The summed E-state index contributed by atoms with van der Waals surface area (Å²) in [5, 5.41) is 1.53. The topological polar surface area (TPSA) is 68.0 Å². The van der Waals surface area contributed by atoms with E-state index in [1.165, 1.54) is 23.6 Å². The molecule has 88 valence electrons. The average Bonchev–Trinajstić information content (AvgIpc) is 2.21. The Hall–Kier alpha value is -1.86. The zero-order valence-corrected chi connectivity index (χ0v) is 7.75. The second-order valence-electron chi connectivity index (χ2n) is 2.82. The first-order chi connectivity index (χ1) is 7.35. The number of anilines is 2. The molecule has 0 radical (unpaired) electrons. The van der Waals surface area contributed by atoms with Gasteiger partial charge in [-0.05, 0) is 12.1 Å². The van der Waals surface area contributed by atoms with Crippen LogP contribution in [0.15, 0.2) is 18.3 Å². The fourth-order valence-electron chi connectivity index (χ4n) is 0.812. The van der Waals surface area contributed by atoms with E-state index in [1.807, 2.05) is 0 Å². The summed E-state index contributed by atoms with van der Waals surface area (Å²) in [5.41, 5.74) is 5.18. The molecule has 1 amide bonds. The minimum Gasteiger partial charge on any atom is -0.396 e. The lowest BCUT2D eigenvalue weighted by Gasteiger charge is -2.14. The van der Waals surface area contributed by atoms with Crippen molar-refractivity contribution in [2.75, 3.05) is 11.1 Å². The highest BCUT2D eigenvalue weighted by atomic mass is 19.3. The molecule has 0 aliphatic rings. The normalized spacial score (nSPS) is 11.6. The van der Waals surface area contributed by atoms with Gasteiger partial charge < -0.3 is 11.1 Å². The summed E-state index contributed by atoms with van der Waals surface area (Å²) >= 11 is 0. The molecule has 0 saturated carbocycles. The Labute approximate surface area is 87.5 Å². The number of hydrogen-bond donors (Lipinski definition) is 2. The van der Waals surface area contributed by atoms with E-state index < -0.39 is 18.3 Å². The van der Waals surface area contributed by atoms with Crippen LogP contribution in [-0.2, 0) is 4.79 Å². The van der Waals surface area contributed by atoms with Crippen LogP contribution < -0.4 is 11.1 Å². The van der Waals surface area contributed by atoms with Crippen molar-refractivity contribution < 1.29 is 22.4 Å². The summed E-state index contributed by atoms with van der Waals surface area (Å²) in [6.45, 7) is 0. The van der Waals surface area contributed by atoms with Crippen LogP contribution in [-0.4, -0.2) is 23.2 Å². The molecule has 3 N–H and O–H groups in total. The van der Waals surface area contributed by atoms with E-state index in [0.29, 0.717) is 0 Å². The lowest BCUT2D eigenvalue weighted by Crippen LogP contribution is -2.41. The number of pyridine rings is 1. The van der Waals surface area contributed by atoms with Gasteiger partial charge in [0.15, 0.2) is 5.82 Å². The van der Waals surface area contributed by atoms with Crippen molar-refractivity contribution in [3.8, 4) is 0 Å². The van der Waals surface area contributed by atoms with Gasteiger partial charge >= 0.3 is 18.3 Å². The van der Waals surface area contributed by atoms with Crippen molar-refractivity contribution in [2.45, 2.75) is 12.3 Å². The van der Waals surface area contributed by atoms with E-state index in [4.69, 9.17) is 5.73 Å². The number of aromatic nitrogens is 1. The lowest BCUT2D eigenvalue weighted by atomic mass is 10.3. The van der Waals surface area contributed by atoms with Gasteiger partial charge in [0.25, 0.3) is 0 Å². The Bertz CT molecular complexity index is 397. The van der Waals surface area contributed by atoms with Gasteiger partial charge in [-0.1, -0.05) is 0 Å². The number of alkyl halides is 4. The molecule has 0 unspecified atom stereocenters. The van der Waals surface area contributed by atoms with Crippen LogP contribution in [0, 0.1) is 0 Å². The van der Waals surface area contributed by atoms with Crippen LogP contribution in [0.25, 0.3) is 0 Å². The molecule has 0 fully saturated rings. The number of amides is 1. The summed E-state index contributed by atoms with van der Waals surface area (Å²) in [4.78, 5) is 14.2. The van der Waals surface area contributed by atoms with E-state index >= 15 is 0 Å². The number of rotatable bonds is 3. The number of carbonyl (C=O) groups excluding carboxylic acids is 1. The monoisotopic (exact) mass is 237 g/mol. The maximum absolute atomic E-state index is 12.5. The Balaban J connectivity index is 2.84. The Morgan fingerprint density at radius 3 is 2.62 bits per heavy atom. The molecule has 1 aromatic rings. The maximum atomic E-state index is 12.5. The molecule has 0 aliphatic heterocycles. The molecule has 1 rings (SSSR count). The standard InChI is InChI=1S/C8H7F4N3O/c9-6(10)8(11,12)7(16)15-5-4(13)2-1-3-14-5/h1-3,6H,13H2,(H,14,15,16). The van der Waals surface area contributed by atoms with Crippen molar-refractivity contribution >= 4 is 17.4 Å². The largest absolute Gasteiger partial charge is 0.396 e. The van der Waals surface area contributed by atoms with E-state index in [2.05, 4.69) is 4.98 Å². The van der Waals surface area contributed by atoms with Crippen molar-refractivity contribution in [3.05, 3.63) is 18.3 Å². The van der Waals surface area contributed by atoms with Crippen molar-refractivity contribution in [1.29, 1.82) is 0 Å². The SMILES string of the molecule is Nc1cccnc1NC(=O)C(F)(F)C(F)F. The molecule has 0 spiro atoms. The number of carbonyl (C=O) groups is 1. The van der Waals surface area contributed by atoms with Crippen LogP contribution >= 0.6 is 0 Å². The summed E-state index contributed by atoms with van der Waals surface area (Å²) in [6.07, 6.45) is -2.91. The van der Waals surface area contributed by atoms with Gasteiger partial charge in [0, 0.05) is 6.20 Å². The molecule has 16 heavy (non-hydrogen) atoms. The first-order valence-corrected chi connectivity index (χ1v) is 4.03. The van der Waals surface area contributed by atoms with Gasteiger partial charge in [-0.3, -0.25) is 4.79 Å². The summed E-state index contributed by atoms with van der Waals surface area (Å²) in [7, 11) is 0. The third-order valence-corrected chi connectivity index (χ3v) is 1.65. The molecule has 1 heterocycles. The fraction of sp³-hybridized carbons (Fsp3) is 0.250. The van der Waals surface area contributed by atoms with Gasteiger partial charge in [-0.25, -0.2) is 13.8 Å². The Morgan fingerprint density at radius 2 is 2.12 bits per heavy atom. The molecular formula is C8H7F4N3O. The van der Waals surface area contributed by atoms with Crippen molar-refractivity contribution in [3.63, 3.8) is 0 Å². The average molecular weight is 237 g/mol. The van der Waals surface area contributed by atoms with Crippen LogP contribution in [0.1, 0.15) is 0 Å². The molecule has 0 saturated heterocycles. The number of nitrogens with two attached hydrogens (primary N) is 1. The molecule has 4 nitrogen and oxygen atoms in total. The number of nitrogen functional groups attached to an aromatic ring is 1. The number of nitrogens with one attached hydrogen (secondary N) is 1. The van der Waals surface area contributed by atoms with E-state index in [1.54, 1.807) is 0 Å². The molecule has 0 aliphatic carbocycles. The second-order valence-corrected chi connectivity index (χ2v) is 2.82. The highest BCUT2D eigenvalue weighted by Crippen LogP contribution is 2.25. The third-order valence-electron chi connectivity index (χ3n) is 1.65. The minimum absolute atomic E-state index is 0.0964. The Kier molecular flexibility index (Phi) is 3.31. The maximum Gasteiger partial charge on any atom is 0.383 e. The second kappa shape index (κ2) is 4.33. The first-order valence-electron chi connectivity index (χ1n) is 4.03. The van der Waals surface area contributed by atoms with Crippen molar-refractivity contribution in [1.82, 2.24) is 4.98 Å². The van der Waals surface area contributed by atoms with E-state index in [0.717, 1.165) is 0 Å². The molecule has 0 bridgehead atoms. The first kappa shape index (κ1) is 12.2. The highest BCUT2D eigenvalue weighted by molar-refractivity contribution is 5.97. The zero-order chi connectivity index (χ0) is 12.3. The molecular weight excluding hydrogens is 230 g/mol. The molecule has 8 heteroatoms. The number of nitrogens with zero attached hydrogens (tertiary/aromatic N) is 1. The van der Waals surface area contributed by atoms with Gasteiger partial charge in [0.1, 0.15) is 0 Å². The number of hydrogen-bond acceptors (Lipinski definition) is 3. The summed E-state index contributed by atoms with van der Waals surface area (Å²) < 4.78 is 48.7. The van der Waals surface area contributed by atoms with Crippen LogP contribution in [0.4, 0.5) is 29.1 Å². The van der Waals surface area contributed by atoms with E-state index in [-0.39, 0.29) is 11.5 Å². The predicted octanol–water partition coefficient (Wildman–Crippen LogP) is 1.50. The van der Waals surface area contributed by atoms with Crippen LogP contribution in [0.2, 0.25) is 0 Å². The van der Waals surface area contributed by atoms with Gasteiger partial charge in [0.05, 0.1) is 5.69 Å². The van der Waals surface area contributed by atoms with Gasteiger partial charge in [-0.15, -0.1) is 0 Å². The Morgan fingerprint density at radius 1 is 1.50 bits per heavy atom. The minimum atomic E-state index is -4.77. The van der Waals surface area contributed by atoms with Gasteiger partial charge in [-0.2, -0.15) is 8.78 Å². The molecule has 0 aromatic carbocycles. The predicted molar refractivity (Wildman–Crippen MR) is 48.2 cm³/mol. The molecule has 1 aromatic heterocycles. The summed E-state index contributed by atoms with van der Waals surface area (Å²) in [5.74, 6) is -7.30. The van der Waals surface area contributed by atoms with Crippen molar-refractivity contribution in [2.24, 2.45) is 0 Å².